The standard InChI is InChI=1S/C19H24ClN3O3S.HI/c1-2-21-19(23-12-14(24)17-6-7-18(20)27-17)22-11-13-4-5-15-16(10-13)26-9-3-8-25-15;/h4-7,10,14,24H,2-3,8-9,11-12H2,1H3,(H2,21,22,23);1H. The maximum absolute atomic E-state index is 10.3. The number of hydrogen-bond donors (Lipinski definition) is 3. The van der Waals surface area contributed by atoms with Crippen molar-refractivity contribution in [2.75, 3.05) is 26.3 Å². The normalized spacial score (nSPS) is 14.6. The molecular formula is C19H25ClIN3O3S. The second-order valence-corrected chi connectivity index (χ2v) is 7.81. The molecule has 0 spiro atoms. The van der Waals surface area contributed by atoms with Gasteiger partial charge in [0.25, 0.3) is 0 Å². The molecule has 1 unspecified atom stereocenters. The average molecular weight is 538 g/mol. The van der Waals surface area contributed by atoms with Gasteiger partial charge in [-0.3, -0.25) is 0 Å². The molecular weight excluding hydrogens is 513 g/mol. The fourth-order valence-corrected chi connectivity index (χ4v) is 3.67. The Morgan fingerprint density at radius 1 is 1.21 bits per heavy atom. The van der Waals surface area contributed by atoms with Crippen LogP contribution in [0.1, 0.15) is 29.9 Å². The van der Waals surface area contributed by atoms with Crippen LogP contribution < -0.4 is 20.1 Å². The first kappa shape index (κ1) is 23.1. The molecule has 0 saturated heterocycles. The minimum absolute atomic E-state index is 0. The fourth-order valence-electron chi connectivity index (χ4n) is 2.62. The van der Waals surface area contributed by atoms with Crippen LogP contribution in [0.5, 0.6) is 11.5 Å². The van der Waals surface area contributed by atoms with Crippen LogP contribution in [-0.4, -0.2) is 37.4 Å². The third kappa shape index (κ3) is 6.68. The molecule has 2 heterocycles. The lowest BCUT2D eigenvalue weighted by Crippen LogP contribution is -2.39. The Labute approximate surface area is 191 Å². The summed E-state index contributed by atoms with van der Waals surface area (Å²) in [5.74, 6) is 2.19. The van der Waals surface area contributed by atoms with Crippen LogP contribution >= 0.6 is 46.9 Å². The number of aliphatic hydroxyl groups is 1. The van der Waals surface area contributed by atoms with Crippen molar-refractivity contribution in [3.8, 4) is 11.5 Å². The Balaban J connectivity index is 0.00000280. The van der Waals surface area contributed by atoms with Gasteiger partial charge in [0.15, 0.2) is 17.5 Å². The summed E-state index contributed by atoms with van der Waals surface area (Å²) in [7, 11) is 0. The molecule has 0 saturated carbocycles. The van der Waals surface area contributed by atoms with Crippen LogP contribution in [0.25, 0.3) is 0 Å². The van der Waals surface area contributed by atoms with Gasteiger partial charge in [-0.15, -0.1) is 35.3 Å². The number of fused-ring (bicyclic) bond motifs is 1. The van der Waals surface area contributed by atoms with E-state index in [-0.39, 0.29) is 24.0 Å². The Kier molecular flexibility index (Phi) is 9.63. The highest BCUT2D eigenvalue weighted by Gasteiger charge is 2.12. The third-order valence-corrected chi connectivity index (χ3v) is 5.29. The zero-order valence-electron chi connectivity index (χ0n) is 15.6. The number of aliphatic hydroxyl groups excluding tert-OH is 1. The van der Waals surface area contributed by atoms with E-state index in [0.717, 1.165) is 34.9 Å². The Bertz CT molecular complexity index is 788. The SMILES string of the molecule is CCNC(=NCc1ccc2c(c1)OCCCO2)NCC(O)c1ccc(Cl)s1.I. The summed E-state index contributed by atoms with van der Waals surface area (Å²) >= 11 is 7.30. The highest BCUT2D eigenvalue weighted by atomic mass is 127. The second kappa shape index (κ2) is 11.7. The molecule has 28 heavy (non-hydrogen) atoms. The van der Waals surface area contributed by atoms with Gasteiger partial charge in [-0.05, 0) is 36.8 Å². The number of ether oxygens (including phenoxy) is 2. The minimum Gasteiger partial charge on any atom is -0.490 e. The molecule has 3 N–H and O–H groups in total. The molecule has 0 bridgehead atoms. The Morgan fingerprint density at radius 3 is 2.71 bits per heavy atom. The van der Waals surface area contributed by atoms with E-state index >= 15 is 0 Å². The first-order chi connectivity index (χ1) is 13.2. The summed E-state index contributed by atoms with van der Waals surface area (Å²) in [5, 5.41) is 16.6. The highest BCUT2D eigenvalue weighted by Crippen LogP contribution is 2.30. The number of halogens is 2. The fraction of sp³-hybridized carbons (Fsp3) is 0.421. The first-order valence-corrected chi connectivity index (χ1v) is 10.2. The summed E-state index contributed by atoms with van der Waals surface area (Å²) in [5.41, 5.74) is 1.03. The van der Waals surface area contributed by atoms with E-state index in [0.29, 0.717) is 36.6 Å². The third-order valence-electron chi connectivity index (χ3n) is 3.96. The number of thiophene rings is 1. The van der Waals surface area contributed by atoms with E-state index in [2.05, 4.69) is 15.6 Å². The van der Waals surface area contributed by atoms with Crippen molar-refractivity contribution in [2.45, 2.75) is 26.0 Å². The number of benzene rings is 1. The van der Waals surface area contributed by atoms with Crippen LogP contribution in [0.4, 0.5) is 0 Å². The number of nitrogens with one attached hydrogen (secondary N) is 2. The molecule has 1 aromatic carbocycles. The van der Waals surface area contributed by atoms with Gasteiger partial charge < -0.3 is 25.2 Å². The molecule has 154 valence electrons. The second-order valence-electron chi connectivity index (χ2n) is 6.07. The Hall–Kier alpha value is -1.23. The molecule has 1 aromatic heterocycles. The summed E-state index contributed by atoms with van der Waals surface area (Å²) in [6, 6.07) is 9.50. The maximum Gasteiger partial charge on any atom is 0.191 e. The van der Waals surface area contributed by atoms with Crippen LogP contribution in [-0.2, 0) is 6.54 Å². The van der Waals surface area contributed by atoms with E-state index in [1.165, 1.54) is 11.3 Å². The molecule has 0 amide bonds. The molecule has 3 rings (SSSR count). The van der Waals surface area contributed by atoms with Gasteiger partial charge in [0.2, 0.25) is 0 Å². The van der Waals surface area contributed by atoms with Crippen LogP contribution in [0.2, 0.25) is 4.34 Å². The van der Waals surface area contributed by atoms with Crippen molar-refractivity contribution in [3.05, 3.63) is 45.1 Å². The lowest BCUT2D eigenvalue weighted by Gasteiger charge is -2.14. The molecule has 0 radical (unpaired) electrons. The van der Waals surface area contributed by atoms with Gasteiger partial charge >= 0.3 is 0 Å². The highest BCUT2D eigenvalue weighted by molar-refractivity contribution is 14.0. The largest absolute Gasteiger partial charge is 0.490 e. The summed E-state index contributed by atoms with van der Waals surface area (Å²) < 4.78 is 12.0. The van der Waals surface area contributed by atoms with E-state index in [4.69, 9.17) is 21.1 Å². The number of guanidine groups is 1. The molecule has 1 aliphatic rings. The van der Waals surface area contributed by atoms with Crippen molar-refractivity contribution in [3.63, 3.8) is 0 Å². The van der Waals surface area contributed by atoms with Crippen molar-refractivity contribution in [1.29, 1.82) is 0 Å². The van der Waals surface area contributed by atoms with Gasteiger partial charge in [-0.2, -0.15) is 0 Å². The monoisotopic (exact) mass is 537 g/mol. The van der Waals surface area contributed by atoms with Crippen LogP contribution in [0.15, 0.2) is 35.3 Å². The predicted molar refractivity (Wildman–Crippen MR) is 125 cm³/mol. The van der Waals surface area contributed by atoms with E-state index < -0.39 is 6.10 Å². The van der Waals surface area contributed by atoms with Gasteiger partial charge in [0.05, 0.1) is 24.1 Å². The van der Waals surface area contributed by atoms with Crippen molar-refractivity contribution >= 4 is 52.9 Å². The van der Waals surface area contributed by atoms with Crippen molar-refractivity contribution in [2.24, 2.45) is 4.99 Å². The summed E-state index contributed by atoms with van der Waals surface area (Å²) in [6.07, 6.45) is 0.249. The van der Waals surface area contributed by atoms with E-state index in [1.807, 2.05) is 31.2 Å². The van der Waals surface area contributed by atoms with Crippen LogP contribution in [0.3, 0.4) is 0 Å². The quantitative estimate of drug-likeness (QED) is 0.295. The van der Waals surface area contributed by atoms with E-state index in [9.17, 15) is 5.11 Å². The maximum atomic E-state index is 10.3. The van der Waals surface area contributed by atoms with Gasteiger partial charge in [0.1, 0.15) is 6.10 Å². The molecule has 6 nitrogen and oxygen atoms in total. The first-order valence-electron chi connectivity index (χ1n) is 8.99. The Morgan fingerprint density at radius 2 is 2.00 bits per heavy atom. The lowest BCUT2D eigenvalue weighted by molar-refractivity contribution is 0.184. The molecule has 0 aliphatic carbocycles. The summed E-state index contributed by atoms with van der Waals surface area (Å²) in [6.45, 7) is 4.91. The van der Waals surface area contributed by atoms with Crippen molar-refractivity contribution in [1.82, 2.24) is 10.6 Å². The number of hydrogen-bond acceptors (Lipinski definition) is 5. The van der Waals surface area contributed by atoms with Gasteiger partial charge in [0, 0.05) is 24.4 Å². The number of nitrogens with zero attached hydrogens (tertiary/aromatic N) is 1. The van der Waals surface area contributed by atoms with Crippen molar-refractivity contribution < 1.29 is 14.6 Å². The zero-order chi connectivity index (χ0) is 19.1. The smallest absolute Gasteiger partial charge is 0.191 e. The molecule has 1 atom stereocenters. The predicted octanol–water partition coefficient (Wildman–Crippen LogP) is 3.97. The lowest BCUT2D eigenvalue weighted by atomic mass is 10.2. The minimum atomic E-state index is -0.635. The average Bonchev–Trinajstić information content (AvgIpc) is 2.97. The number of rotatable bonds is 6. The summed E-state index contributed by atoms with van der Waals surface area (Å²) in [4.78, 5) is 5.42. The molecule has 0 fully saturated rings. The van der Waals surface area contributed by atoms with Gasteiger partial charge in [-0.25, -0.2) is 4.99 Å². The van der Waals surface area contributed by atoms with E-state index in [1.54, 1.807) is 6.07 Å². The van der Waals surface area contributed by atoms with Crippen LogP contribution in [0, 0.1) is 0 Å². The molecule has 9 heteroatoms. The topological polar surface area (TPSA) is 75.1 Å². The van der Waals surface area contributed by atoms with Gasteiger partial charge in [-0.1, -0.05) is 17.7 Å². The number of aliphatic imine (C=N–C) groups is 1. The molecule has 1 aliphatic heterocycles. The zero-order valence-corrected chi connectivity index (χ0v) is 19.5. The molecule has 2 aromatic rings.